The van der Waals surface area contributed by atoms with E-state index in [9.17, 15) is 4.79 Å². The average Bonchev–Trinajstić information content (AvgIpc) is 3.09. The summed E-state index contributed by atoms with van der Waals surface area (Å²) >= 11 is 1.70. The molecular weight excluding hydrogens is 352 g/mol. The van der Waals surface area contributed by atoms with Gasteiger partial charge in [-0.15, -0.1) is 11.3 Å². The molecule has 6 rings (SSSR count). The van der Waals surface area contributed by atoms with Gasteiger partial charge < -0.3 is 5.32 Å². The third kappa shape index (κ3) is 3.33. The van der Waals surface area contributed by atoms with Gasteiger partial charge in [-0.3, -0.25) is 4.79 Å². The lowest BCUT2D eigenvalue weighted by Crippen LogP contribution is -2.48. The van der Waals surface area contributed by atoms with Crippen LogP contribution in [0.15, 0.2) is 29.6 Å². The van der Waals surface area contributed by atoms with E-state index in [1.807, 2.05) is 0 Å². The fourth-order valence-electron chi connectivity index (χ4n) is 6.35. The summed E-state index contributed by atoms with van der Waals surface area (Å²) in [5, 5.41) is 6.04. The monoisotopic (exact) mass is 380 g/mol. The summed E-state index contributed by atoms with van der Waals surface area (Å²) in [5.41, 5.74) is 4.33. The number of hydrogen-bond donors (Lipinski definition) is 1. The van der Waals surface area contributed by atoms with Crippen LogP contribution in [0.3, 0.4) is 0 Å². The Labute approximate surface area is 165 Å². The lowest BCUT2D eigenvalue weighted by atomic mass is 9.48. The number of carbonyl (C=O) groups is 1. The van der Waals surface area contributed by atoms with Gasteiger partial charge in [0.25, 0.3) is 0 Å². The average molecular weight is 381 g/mol. The molecule has 27 heavy (non-hydrogen) atoms. The van der Waals surface area contributed by atoms with Crippen LogP contribution in [-0.2, 0) is 16.6 Å². The molecule has 4 fully saturated rings. The van der Waals surface area contributed by atoms with Crippen LogP contribution in [0.2, 0.25) is 0 Å². The van der Waals surface area contributed by atoms with Crippen LogP contribution < -0.4 is 5.32 Å². The molecule has 1 amide bonds. The van der Waals surface area contributed by atoms with E-state index in [4.69, 9.17) is 4.98 Å². The number of hydrogen-bond acceptors (Lipinski definition) is 3. The lowest BCUT2D eigenvalue weighted by Gasteiger charge is -2.57. The molecule has 142 valence electrons. The second-order valence-corrected chi connectivity index (χ2v) is 10.0. The van der Waals surface area contributed by atoms with E-state index in [1.54, 1.807) is 23.8 Å². The molecule has 4 aliphatic carbocycles. The highest BCUT2D eigenvalue weighted by Gasteiger charge is 2.51. The largest absolute Gasteiger partial charge is 0.356 e. The molecule has 4 heteroatoms. The van der Waals surface area contributed by atoms with E-state index in [2.05, 4.69) is 35.0 Å². The van der Waals surface area contributed by atoms with Crippen molar-refractivity contribution in [1.82, 2.24) is 10.3 Å². The molecule has 1 aromatic heterocycles. The molecule has 2 aromatic rings. The van der Waals surface area contributed by atoms with Crippen molar-refractivity contribution < 1.29 is 4.79 Å². The molecule has 4 bridgehead atoms. The maximum atomic E-state index is 11.0. The summed E-state index contributed by atoms with van der Waals surface area (Å²) < 4.78 is 0. The Morgan fingerprint density at radius 3 is 2.33 bits per heavy atom. The van der Waals surface area contributed by atoms with Gasteiger partial charge in [-0.25, -0.2) is 4.98 Å². The van der Waals surface area contributed by atoms with Gasteiger partial charge >= 0.3 is 0 Å². The third-order valence-electron chi connectivity index (χ3n) is 7.09. The topological polar surface area (TPSA) is 42.0 Å². The SMILES string of the molecule is CC(=O)NCCc1csc(-c2ccc(C34CC5CC(CC(C5)C3)C4)cc2)n1. The summed E-state index contributed by atoms with van der Waals surface area (Å²) in [4.78, 5) is 15.8. The van der Waals surface area contributed by atoms with Crippen molar-refractivity contribution in [2.45, 2.75) is 57.3 Å². The molecule has 0 spiro atoms. The minimum atomic E-state index is 0.0192. The summed E-state index contributed by atoms with van der Waals surface area (Å²) in [6.45, 7) is 2.21. The number of nitrogens with zero attached hydrogens (tertiary/aromatic N) is 1. The molecular formula is C23H28N2OS. The number of nitrogens with one attached hydrogen (secondary N) is 1. The first-order chi connectivity index (χ1) is 13.1. The molecule has 4 aliphatic rings. The van der Waals surface area contributed by atoms with Crippen molar-refractivity contribution in [3.63, 3.8) is 0 Å². The highest BCUT2D eigenvalue weighted by Crippen LogP contribution is 2.60. The zero-order chi connectivity index (χ0) is 18.4. The molecule has 0 aliphatic heterocycles. The van der Waals surface area contributed by atoms with E-state index >= 15 is 0 Å². The molecule has 1 heterocycles. The van der Waals surface area contributed by atoms with Crippen LogP contribution in [0.4, 0.5) is 0 Å². The molecule has 3 nitrogen and oxygen atoms in total. The van der Waals surface area contributed by atoms with Crippen molar-refractivity contribution in [3.05, 3.63) is 40.9 Å². The molecule has 4 saturated carbocycles. The second kappa shape index (κ2) is 6.73. The Kier molecular flexibility index (Phi) is 4.34. The van der Waals surface area contributed by atoms with Gasteiger partial charge in [0.15, 0.2) is 0 Å². The number of rotatable bonds is 5. The highest BCUT2D eigenvalue weighted by molar-refractivity contribution is 7.13. The number of thiazole rings is 1. The maximum Gasteiger partial charge on any atom is 0.216 e. The third-order valence-corrected chi connectivity index (χ3v) is 8.03. The van der Waals surface area contributed by atoms with Crippen LogP contribution in [0.25, 0.3) is 10.6 Å². The normalized spacial score (nSPS) is 31.2. The van der Waals surface area contributed by atoms with E-state index in [-0.39, 0.29) is 5.91 Å². The molecule has 0 radical (unpaired) electrons. The Hall–Kier alpha value is -1.68. The molecule has 1 N–H and O–H groups in total. The minimum absolute atomic E-state index is 0.0192. The maximum absolute atomic E-state index is 11.0. The van der Waals surface area contributed by atoms with Gasteiger partial charge in [-0.1, -0.05) is 24.3 Å². The van der Waals surface area contributed by atoms with Gasteiger partial charge in [-0.05, 0) is 67.3 Å². The standard InChI is InChI=1S/C23H28N2OS/c1-15(26)24-7-6-21-14-27-22(25-21)19-2-4-20(5-3-19)23-11-16-8-17(12-23)10-18(9-16)13-23/h2-5,14,16-18H,6-13H2,1H3,(H,24,26). The zero-order valence-electron chi connectivity index (χ0n) is 16.0. The van der Waals surface area contributed by atoms with Crippen LogP contribution in [0, 0.1) is 17.8 Å². The quantitative estimate of drug-likeness (QED) is 0.797. The van der Waals surface area contributed by atoms with Crippen LogP contribution in [-0.4, -0.2) is 17.4 Å². The molecule has 1 aromatic carbocycles. The number of aromatic nitrogens is 1. The Bertz CT molecular complexity index is 803. The van der Waals surface area contributed by atoms with Gasteiger partial charge in [0.05, 0.1) is 5.69 Å². The van der Waals surface area contributed by atoms with Gasteiger partial charge in [-0.2, -0.15) is 0 Å². The fraction of sp³-hybridized carbons (Fsp3) is 0.565. The summed E-state index contributed by atoms with van der Waals surface area (Å²) in [7, 11) is 0. The van der Waals surface area contributed by atoms with E-state index in [0.29, 0.717) is 12.0 Å². The van der Waals surface area contributed by atoms with Crippen molar-refractivity contribution in [2.24, 2.45) is 17.8 Å². The zero-order valence-corrected chi connectivity index (χ0v) is 16.9. The summed E-state index contributed by atoms with van der Waals surface area (Å²) in [6.07, 6.45) is 9.54. The molecule has 0 unspecified atom stereocenters. The first-order valence-electron chi connectivity index (χ1n) is 10.4. The summed E-state index contributed by atoms with van der Waals surface area (Å²) in [6, 6.07) is 9.34. The Morgan fingerprint density at radius 2 is 1.74 bits per heavy atom. The smallest absolute Gasteiger partial charge is 0.216 e. The molecule has 0 atom stereocenters. The van der Waals surface area contributed by atoms with Crippen LogP contribution >= 0.6 is 11.3 Å². The number of amides is 1. The first kappa shape index (κ1) is 17.4. The molecule has 0 saturated heterocycles. The van der Waals surface area contributed by atoms with Crippen molar-refractivity contribution in [3.8, 4) is 10.6 Å². The fourth-order valence-corrected chi connectivity index (χ4v) is 7.21. The van der Waals surface area contributed by atoms with Crippen molar-refractivity contribution in [1.29, 1.82) is 0 Å². The van der Waals surface area contributed by atoms with Crippen LogP contribution in [0.1, 0.15) is 56.7 Å². The highest BCUT2D eigenvalue weighted by atomic mass is 32.1. The van der Waals surface area contributed by atoms with E-state index in [1.165, 1.54) is 44.1 Å². The lowest BCUT2D eigenvalue weighted by molar-refractivity contribution is -0.118. The van der Waals surface area contributed by atoms with Gasteiger partial charge in [0.1, 0.15) is 5.01 Å². The minimum Gasteiger partial charge on any atom is -0.356 e. The van der Waals surface area contributed by atoms with E-state index < -0.39 is 0 Å². The predicted octanol–water partition coefficient (Wildman–Crippen LogP) is 4.96. The first-order valence-corrected chi connectivity index (χ1v) is 11.3. The van der Waals surface area contributed by atoms with Crippen molar-refractivity contribution in [2.75, 3.05) is 6.54 Å². The van der Waals surface area contributed by atoms with Crippen molar-refractivity contribution >= 4 is 17.2 Å². The van der Waals surface area contributed by atoms with E-state index in [0.717, 1.165) is 34.9 Å². The van der Waals surface area contributed by atoms with Crippen LogP contribution in [0.5, 0.6) is 0 Å². The van der Waals surface area contributed by atoms with Gasteiger partial charge in [0, 0.05) is 30.8 Å². The number of carbonyl (C=O) groups excluding carboxylic acids is 1. The predicted molar refractivity (Wildman–Crippen MR) is 110 cm³/mol. The second-order valence-electron chi connectivity index (χ2n) is 9.15. The Morgan fingerprint density at radius 1 is 1.11 bits per heavy atom. The summed E-state index contributed by atoms with van der Waals surface area (Å²) in [5.74, 6) is 2.98. The van der Waals surface area contributed by atoms with Gasteiger partial charge in [0.2, 0.25) is 5.91 Å². The Balaban J connectivity index is 1.31. The number of benzene rings is 1.